The van der Waals surface area contributed by atoms with E-state index in [0.717, 1.165) is 0 Å². The minimum Gasteiger partial charge on any atom is -0.480 e. The van der Waals surface area contributed by atoms with Crippen molar-refractivity contribution in [3.05, 3.63) is 29.8 Å². The molecule has 0 saturated carbocycles. The first kappa shape index (κ1) is 14.6. The van der Waals surface area contributed by atoms with Crippen molar-refractivity contribution in [3.63, 3.8) is 0 Å². The molecule has 106 valence electrons. The summed E-state index contributed by atoms with van der Waals surface area (Å²) in [5.41, 5.74) is 0.634. The number of carbonyl (C=O) groups is 1. The Morgan fingerprint density at radius 2 is 2.15 bits per heavy atom. The van der Waals surface area contributed by atoms with Gasteiger partial charge in [0.1, 0.15) is 0 Å². The van der Waals surface area contributed by atoms with Crippen LogP contribution in [0.25, 0.3) is 0 Å². The van der Waals surface area contributed by atoms with Crippen LogP contribution in [0.3, 0.4) is 0 Å². The molecule has 2 rings (SSSR count). The third-order valence-corrected chi connectivity index (χ3v) is 5.16. The molecule has 1 aromatic rings. The number of hydrogen-bond acceptors (Lipinski definition) is 4. The van der Waals surface area contributed by atoms with Crippen molar-refractivity contribution in [2.24, 2.45) is 0 Å². The zero-order chi connectivity index (χ0) is 14.8. The van der Waals surface area contributed by atoms with Gasteiger partial charge in [-0.15, -0.1) is 6.42 Å². The van der Waals surface area contributed by atoms with Crippen LogP contribution in [0.15, 0.2) is 29.2 Å². The van der Waals surface area contributed by atoms with Crippen molar-refractivity contribution in [2.45, 2.75) is 17.4 Å². The van der Waals surface area contributed by atoms with Crippen molar-refractivity contribution >= 4 is 15.8 Å². The van der Waals surface area contributed by atoms with Gasteiger partial charge in [0.15, 0.2) is 9.84 Å². The van der Waals surface area contributed by atoms with Crippen LogP contribution in [0.2, 0.25) is 0 Å². The van der Waals surface area contributed by atoms with Gasteiger partial charge in [0.25, 0.3) is 0 Å². The Hall–Kier alpha value is -1.84. The van der Waals surface area contributed by atoms with Gasteiger partial charge in [0.2, 0.25) is 0 Å². The van der Waals surface area contributed by atoms with Crippen LogP contribution in [-0.2, 0) is 14.6 Å². The van der Waals surface area contributed by atoms with Gasteiger partial charge in [0, 0.05) is 6.04 Å². The fourth-order valence-corrected chi connectivity index (χ4v) is 4.12. The summed E-state index contributed by atoms with van der Waals surface area (Å²) in [6.45, 7) is -0.0331. The highest BCUT2D eigenvalue weighted by molar-refractivity contribution is 7.91. The molecule has 1 aromatic carbocycles. The van der Waals surface area contributed by atoms with Gasteiger partial charge in [-0.25, -0.2) is 8.42 Å². The summed E-state index contributed by atoms with van der Waals surface area (Å²) in [5.74, 6) is 1.46. The summed E-state index contributed by atoms with van der Waals surface area (Å²) in [7, 11) is -3.28. The van der Waals surface area contributed by atoms with Crippen LogP contribution in [-0.4, -0.2) is 43.2 Å². The lowest BCUT2D eigenvalue weighted by molar-refractivity contribution is -0.138. The quantitative estimate of drug-likeness (QED) is 0.836. The predicted octanol–water partition coefficient (Wildman–Crippen LogP) is 0.925. The largest absolute Gasteiger partial charge is 0.480 e. The number of rotatable bonds is 4. The van der Waals surface area contributed by atoms with Crippen molar-refractivity contribution < 1.29 is 18.3 Å². The summed E-state index contributed by atoms with van der Waals surface area (Å²) in [6.07, 6.45) is 5.64. The molecule has 1 unspecified atom stereocenters. The Morgan fingerprint density at radius 1 is 1.45 bits per heavy atom. The molecule has 6 heteroatoms. The van der Waals surface area contributed by atoms with Crippen LogP contribution >= 0.6 is 0 Å². The highest BCUT2D eigenvalue weighted by Crippen LogP contribution is 2.35. The van der Waals surface area contributed by atoms with Crippen molar-refractivity contribution in [1.82, 2.24) is 4.90 Å². The van der Waals surface area contributed by atoms with Gasteiger partial charge in [-0.3, -0.25) is 9.69 Å². The van der Waals surface area contributed by atoms with Crippen LogP contribution in [0, 0.1) is 12.3 Å². The van der Waals surface area contributed by atoms with Crippen LogP contribution < -0.4 is 0 Å². The second kappa shape index (κ2) is 5.65. The number of carboxylic acids is 1. The lowest BCUT2D eigenvalue weighted by Gasteiger charge is -2.33. The molecule has 0 aliphatic carbocycles. The summed E-state index contributed by atoms with van der Waals surface area (Å²) in [6, 6.07) is 6.43. The first-order valence-electron chi connectivity index (χ1n) is 6.16. The van der Waals surface area contributed by atoms with E-state index in [1.807, 2.05) is 0 Å². The molecule has 0 fully saturated rings. The Morgan fingerprint density at radius 3 is 2.80 bits per heavy atom. The van der Waals surface area contributed by atoms with E-state index in [2.05, 4.69) is 5.92 Å². The van der Waals surface area contributed by atoms with Gasteiger partial charge >= 0.3 is 5.97 Å². The first-order valence-corrected chi connectivity index (χ1v) is 7.82. The Bertz CT molecular complexity index is 660. The smallest absolute Gasteiger partial charge is 0.317 e. The van der Waals surface area contributed by atoms with Gasteiger partial charge in [-0.1, -0.05) is 24.1 Å². The standard InChI is InChI=1S/C14H15NO4S/c1-2-8-15(10-14(16)17)12-7-9-20(18,19)13-6-4-3-5-11(12)13/h1,3-6,12H,7-10H2,(H,16,17). The molecule has 5 nitrogen and oxygen atoms in total. The van der Waals surface area contributed by atoms with E-state index in [-0.39, 0.29) is 29.8 Å². The average molecular weight is 293 g/mol. The summed E-state index contributed by atoms with van der Waals surface area (Å²) in [5, 5.41) is 8.96. The summed E-state index contributed by atoms with van der Waals surface area (Å²) in [4.78, 5) is 12.8. The molecule has 1 aliphatic rings. The summed E-state index contributed by atoms with van der Waals surface area (Å²) < 4.78 is 24.1. The molecule has 0 saturated heterocycles. The van der Waals surface area contributed by atoms with Crippen molar-refractivity contribution in [3.8, 4) is 12.3 Å². The maximum Gasteiger partial charge on any atom is 0.317 e. The highest BCUT2D eigenvalue weighted by atomic mass is 32.2. The van der Waals surface area contributed by atoms with E-state index >= 15 is 0 Å². The average Bonchev–Trinajstić information content (AvgIpc) is 2.38. The topological polar surface area (TPSA) is 74.7 Å². The predicted molar refractivity (Wildman–Crippen MR) is 73.9 cm³/mol. The van der Waals surface area contributed by atoms with Crippen LogP contribution in [0.1, 0.15) is 18.0 Å². The van der Waals surface area contributed by atoms with Crippen molar-refractivity contribution in [2.75, 3.05) is 18.8 Å². The molecular formula is C14H15NO4S. The zero-order valence-electron chi connectivity index (χ0n) is 10.8. The lowest BCUT2D eigenvalue weighted by atomic mass is 10.0. The molecule has 1 heterocycles. The number of carboxylic acid groups (broad SMARTS) is 1. The Labute approximate surface area is 118 Å². The SMILES string of the molecule is C#CCN(CC(=O)O)C1CCS(=O)(=O)c2ccccc21. The minimum atomic E-state index is -3.28. The fraction of sp³-hybridized carbons (Fsp3) is 0.357. The number of sulfone groups is 1. The number of aliphatic carboxylic acids is 1. The second-order valence-corrected chi connectivity index (χ2v) is 6.74. The van der Waals surface area contributed by atoms with E-state index in [0.29, 0.717) is 12.0 Å². The third-order valence-electron chi connectivity index (χ3n) is 3.35. The number of hydrogen-bond donors (Lipinski definition) is 1. The van der Waals surface area contributed by atoms with Crippen LogP contribution in [0.4, 0.5) is 0 Å². The second-order valence-electron chi connectivity index (χ2n) is 4.66. The molecule has 0 radical (unpaired) electrons. The Balaban J connectivity index is 2.43. The third kappa shape index (κ3) is 2.84. The van der Waals surface area contributed by atoms with Gasteiger partial charge in [-0.2, -0.15) is 0 Å². The maximum absolute atomic E-state index is 12.0. The number of benzene rings is 1. The van der Waals surface area contributed by atoms with Crippen molar-refractivity contribution in [1.29, 1.82) is 0 Å². The van der Waals surface area contributed by atoms with E-state index < -0.39 is 15.8 Å². The molecule has 1 aliphatic heterocycles. The molecule has 1 atom stereocenters. The zero-order valence-corrected chi connectivity index (χ0v) is 11.6. The van der Waals surface area contributed by atoms with Gasteiger partial charge in [0.05, 0.1) is 23.7 Å². The molecule has 0 amide bonds. The lowest BCUT2D eigenvalue weighted by Crippen LogP contribution is -2.37. The first-order chi connectivity index (χ1) is 9.45. The van der Waals surface area contributed by atoms with Crippen LogP contribution in [0.5, 0.6) is 0 Å². The minimum absolute atomic E-state index is 0.00930. The van der Waals surface area contributed by atoms with Gasteiger partial charge < -0.3 is 5.11 Å². The highest BCUT2D eigenvalue weighted by Gasteiger charge is 2.33. The molecule has 20 heavy (non-hydrogen) atoms. The number of terminal acetylenes is 1. The van der Waals surface area contributed by atoms with E-state index in [4.69, 9.17) is 11.5 Å². The molecule has 1 N–H and O–H groups in total. The molecule has 0 aromatic heterocycles. The van der Waals surface area contributed by atoms with Gasteiger partial charge in [-0.05, 0) is 18.1 Å². The van der Waals surface area contributed by atoms with E-state index in [1.54, 1.807) is 29.2 Å². The molecule has 0 spiro atoms. The monoisotopic (exact) mass is 293 g/mol. The van der Waals surface area contributed by atoms with E-state index in [9.17, 15) is 13.2 Å². The summed E-state index contributed by atoms with van der Waals surface area (Å²) >= 11 is 0. The number of nitrogens with zero attached hydrogens (tertiary/aromatic N) is 1. The fourth-order valence-electron chi connectivity index (χ4n) is 2.52. The maximum atomic E-state index is 12.0. The molecule has 0 bridgehead atoms. The molecular weight excluding hydrogens is 278 g/mol. The van der Waals surface area contributed by atoms with E-state index in [1.165, 1.54) is 0 Å². The Kier molecular flexibility index (Phi) is 4.12. The normalized spacial score (nSPS) is 20.1. The number of fused-ring (bicyclic) bond motifs is 1.